The molecular formula is C33HCl16CuN7. The molecule has 0 spiro atoms. The first-order valence-electron chi connectivity index (χ1n) is 14.7. The van der Waals surface area contributed by atoms with Gasteiger partial charge in [-0.2, -0.15) is 0 Å². The second-order valence-corrected chi connectivity index (χ2v) is 17.7. The molecule has 7 nitrogen and oxygen atoms in total. The maximum Gasteiger partial charge on any atom is 2.00 e. The van der Waals surface area contributed by atoms with E-state index in [0.29, 0.717) is 0 Å². The van der Waals surface area contributed by atoms with E-state index in [9.17, 15) is 0 Å². The van der Waals surface area contributed by atoms with Gasteiger partial charge in [0.05, 0.1) is 104 Å². The molecule has 5 heterocycles. The summed E-state index contributed by atoms with van der Waals surface area (Å²) < 4.78 is 0. The van der Waals surface area contributed by atoms with Crippen molar-refractivity contribution in [3.8, 4) is 45.4 Å². The van der Waals surface area contributed by atoms with Crippen molar-refractivity contribution in [3.63, 3.8) is 0 Å². The van der Waals surface area contributed by atoms with Crippen LogP contribution in [0.25, 0.3) is 89.4 Å². The smallest absolute Gasteiger partial charge is 0.435 e. The number of nitrogens with zero attached hydrogens (tertiary/aromatic N) is 7. The van der Waals surface area contributed by atoms with Gasteiger partial charge >= 0.3 is 17.1 Å². The van der Waals surface area contributed by atoms with E-state index in [0.717, 1.165) is 0 Å². The van der Waals surface area contributed by atoms with Crippen LogP contribution in [0.2, 0.25) is 80.4 Å². The van der Waals surface area contributed by atoms with Crippen molar-refractivity contribution in [2.45, 2.75) is 0 Å². The molecule has 3 aromatic heterocycles. The molecule has 2 aliphatic rings. The quantitative estimate of drug-likeness (QED) is 0.0848. The molecule has 8 bridgehead atoms. The Balaban J connectivity index is 0.00000455. The van der Waals surface area contributed by atoms with Crippen molar-refractivity contribution in [1.29, 1.82) is 0 Å². The molecule has 4 aromatic carbocycles. The van der Waals surface area contributed by atoms with Crippen molar-refractivity contribution in [2.75, 3.05) is 0 Å². The fourth-order valence-corrected chi connectivity index (χ4v) is 10.4. The van der Waals surface area contributed by atoms with Crippen LogP contribution in [0, 0.1) is 0 Å². The van der Waals surface area contributed by atoms with Crippen molar-refractivity contribution >= 4 is 230 Å². The zero-order chi connectivity index (χ0) is 40.1. The molecule has 291 valence electrons. The minimum absolute atomic E-state index is 0. The van der Waals surface area contributed by atoms with E-state index in [4.69, 9.17) is 221 Å². The topological polar surface area (TPSA) is 92.7 Å². The van der Waals surface area contributed by atoms with Crippen LogP contribution in [-0.2, 0) is 17.1 Å². The Bertz CT molecular complexity index is 2820. The van der Waals surface area contributed by atoms with E-state index in [2.05, 4.69) is 0 Å². The number of fused-ring (bicyclic) bond motifs is 20. The largest absolute Gasteiger partial charge is 2.00 e. The van der Waals surface area contributed by atoms with E-state index in [1.165, 1.54) is 6.07 Å². The first-order valence-corrected chi connectivity index (χ1v) is 20.8. The van der Waals surface area contributed by atoms with Crippen LogP contribution in [0.15, 0.2) is 6.07 Å². The van der Waals surface area contributed by atoms with Crippen LogP contribution in [0.1, 0.15) is 0 Å². The summed E-state index contributed by atoms with van der Waals surface area (Å²) in [6, 6.07) is 1.51. The molecule has 1 radical (unpaired) electrons. The van der Waals surface area contributed by atoms with Crippen molar-refractivity contribution in [1.82, 2.24) is 34.9 Å². The molecular weight excluding hydrogens is 1130 g/mol. The molecule has 0 aliphatic carbocycles. The normalized spacial score (nSPS) is 12.1. The Hall–Kier alpha value is -0.531. The van der Waals surface area contributed by atoms with Gasteiger partial charge in [-0.05, 0) is 17.2 Å². The van der Waals surface area contributed by atoms with Crippen LogP contribution >= 0.6 is 186 Å². The summed E-state index contributed by atoms with van der Waals surface area (Å²) in [6.07, 6.45) is 0. The molecule has 7 aromatic rings. The summed E-state index contributed by atoms with van der Waals surface area (Å²) in [5, 5.41) is -0.404. The molecule has 0 saturated carbocycles. The Morgan fingerprint density at radius 1 is 0.298 bits per heavy atom. The van der Waals surface area contributed by atoms with Crippen LogP contribution < -0.4 is 9.97 Å². The Morgan fingerprint density at radius 3 is 1.02 bits per heavy atom. The van der Waals surface area contributed by atoms with Gasteiger partial charge in [0.15, 0.2) is 0 Å². The molecule has 24 heteroatoms. The van der Waals surface area contributed by atoms with Crippen molar-refractivity contribution in [2.24, 2.45) is 0 Å². The number of hydrogen-bond acceptors (Lipinski definition) is 5. The molecule has 0 saturated heterocycles. The standard InChI is InChI=1S/C33HCl16N7.Cu/c34-12-4-2-1-3-5-7(15(37)23(45)21(43)13(5)35)29(51-3)53-31-9-11(19(41)27(49)25(47)17(9)39)33(55-31)56-32-10-8(16(38)24(46)26(48)18(10)40)30(54-32)52-28(50-2)6(4)14(36)22(44)20(12)42;/h1H;/q-2;+2. The first kappa shape index (κ1) is 43.1. The SMILES string of the molecule is Clc1c(Cl)c(Cl)c2c(c1Cl)-c1cc3[n-]c(nc4nc(nc5[n-]c(nc-2n1)c1c(Cl)c(Cl)c(Cl)c(Cl)c51)-c1c(Cl)c(Cl)c(Cl)c(Cl)c1-4)c1c(Cl)c(Cl)c(Cl)c(Cl)c31.[Cu+2]. The summed E-state index contributed by atoms with van der Waals surface area (Å²) >= 11 is 107. The summed E-state index contributed by atoms with van der Waals surface area (Å²) in [4.78, 5) is 33.3. The molecule has 9 rings (SSSR count). The number of rotatable bonds is 0. The van der Waals surface area contributed by atoms with Gasteiger partial charge in [-0.15, -0.1) is 0 Å². The minimum Gasteiger partial charge on any atom is -0.435 e. The van der Waals surface area contributed by atoms with Gasteiger partial charge in [-0.25, -0.2) is 9.97 Å². The first-order chi connectivity index (χ1) is 26.4. The van der Waals surface area contributed by atoms with E-state index in [-0.39, 0.29) is 187 Å². The van der Waals surface area contributed by atoms with Gasteiger partial charge in [0.2, 0.25) is 0 Å². The fourth-order valence-electron chi connectivity index (χ4n) is 6.27. The zero-order valence-electron chi connectivity index (χ0n) is 26.1. The number of hydrogen-bond donors (Lipinski definition) is 0. The van der Waals surface area contributed by atoms with Crippen LogP contribution in [-0.4, -0.2) is 24.9 Å². The summed E-state index contributed by atoms with van der Waals surface area (Å²) in [6.45, 7) is 0. The Morgan fingerprint density at radius 2 is 0.596 bits per heavy atom. The fraction of sp³-hybridized carbons (Fsp3) is 0. The van der Waals surface area contributed by atoms with Gasteiger partial charge in [-0.1, -0.05) is 186 Å². The predicted molar refractivity (Wildman–Crippen MR) is 236 cm³/mol. The monoisotopic (exact) mass is 1120 g/mol. The molecule has 0 fully saturated rings. The third kappa shape index (κ3) is 6.24. The average molecular weight is 1130 g/mol. The van der Waals surface area contributed by atoms with Gasteiger partial charge in [0.25, 0.3) is 0 Å². The number of halogens is 16. The third-order valence-electron chi connectivity index (χ3n) is 8.71. The van der Waals surface area contributed by atoms with Crippen molar-refractivity contribution in [3.05, 3.63) is 86.4 Å². The van der Waals surface area contributed by atoms with Gasteiger partial charge in [0, 0.05) is 55.1 Å². The Labute approximate surface area is 408 Å². The number of benzene rings is 4. The van der Waals surface area contributed by atoms with Crippen LogP contribution in [0.3, 0.4) is 0 Å². The second-order valence-electron chi connectivity index (χ2n) is 11.7. The maximum atomic E-state index is 6.86. The molecule has 2 aliphatic heterocycles. The minimum atomic E-state index is -0.0944. The van der Waals surface area contributed by atoms with Gasteiger partial charge < -0.3 is 24.9 Å². The van der Waals surface area contributed by atoms with E-state index in [1.807, 2.05) is 0 Å². The van der Waals surface area contributed by atoms with Crippen molar-refractivity contribution < 1.29 is 17.1 Å². The maximum absolute atomic E-state index is 6.86. The van der Waals surface area contributed by atoms with Crippen LogP contribution in [0.5, 0.6) is 0 Å². The van der Waals surface area contributed by atoms with Crippen LogP contribution in [0.4, 0.5) is 0 Å². The van der Waals surface area contributed by atoms with Gasteiger partial charge in [0.1, 0.15) is 0 Å². The summed E-state index contributed by atoms with van der Waals surface area (Å²) in [7, 11) is 0. The zero-order valence-corrected chi connectivity index (χ0v) is 39.1. The molecule has 0 atom stereocenters. The molecule has 0 N–H and O–H groups in total. The molecule has 0 amide bonds. The molecule has 57 heavy (non-hydrogen) atoms. The average Bonchev–Trinajstić information content (AvgIpc) is 3.92. The van der Waals surface area contributed by atoms with E-state index in [1.54, 1.807) is 0 Å². The molecule has 0 unspecified atom stereocenters. The summed E-state index contributed by atoms with van der Waals surface area (Å²) in [5.41, 5.74) is 0.706. The summed E-state index contributed by atoms with van der Waals surface area (Å²) in [5.74, 6) is -0.222. The number of aromatic nitrogens is 7. The van der Waals surface area contributed by atoms with E-state index >= 15 is 0 Å². The Kier molecular flexibility index (Phi) is 11.6. The third-order valence-corrected chi connectivity index (χ3v) is 15.9. The second kappa shape index (κ2) is 15.4. The van der Waals surface area contributed by atoms with E-state index < -0.39 is 0 Å². The predicted octanol–water partition coefficient (Wildman–Crippen LogP) is 17.2. The van der Waals surface area contributed by atoms with Gasteiger partial charge in [-0.3, -0.25) is 0 Å².